The Labute approximate surface area is 129 Å². The van der Waals surface area contributed by atoms with Crippen LogP contribution in [-0.4, -0.2) is 45.4 Å². The van der Waals surface area contributed by atoms with Gasteiger partial charge in [0.1, 0.15) is 17.4 Å². The third kappa shape index (κ3) is 3.51. The molecule has 6 nitrogen and oxygen atoms in total. The number of benzene rings is 1. The lowest BCUT2D eigenvalue weighted by Crippen LogP contribution is -2.59. The van der Waals surface area contributed by atoms with Crippen molar-refractivity contribution in [2.75, 3.05) is 13.1 Å². The maximum absolute atomic E-state index is 11.6. The van der Waals surface area contributed by atoms with E-state index >= 15 is 0 Å². The zero-order valence-corrected chi connectivity index (χ0v) is 12.9. The van der Waals surface area contributed by atoms with E-state index in [4.69, 9.17) is 0 Å². The lowest BCUT2D eigenvalue weighted by Gasteiger charge is -2.44. The number of hydrogen-bond donors (Lipinski definition) is 1. The number of carbonyl (C=O) groups is 1. The van der Waals surface area contributed by atoms with Crippen LogP contribution in [0.15, 0.2) is 30.3 Å². The summed E-state index contributed by atoms with van der Waals surface area (Å²) in [6, 6.07) is 7.55. The molecule has 3 atom stereocenters. The molecule has 0 unspecified atom stereocenters. The summed E-state index contributed by atoms with van der Waals surface area (Å²) in [5.74, 6) is 0.0572. The Balaban J connectivity index is 2.38. The molecule has 0 radical (unpaired) electrons. The fraction of sp³-hybridized carbons (Fsp3) is 0.562. The molecule has 1 fully saturated rings. The molecular weight excluding hydrogens is 284 g/mol. The van der Waals surface area contributed by atoms with Gasteiger partial charge in [0.15, 0.2) is 0 Å². The minimum atomic E-state index is -1.36. The highest BCUT2D eigenvalue weighted by atomic mass is 16.6. The van der Waals surface area contributed by atoms with Gasteiger partial charge in [0.25, 0.3) is 6.04 Å². The van der Waals surface area contributed by atoms with Gasteiger partial charge in [-0.2, -0.15) is 0 Å². The number of likely N-dealkylation sites (tertiary alicyclic amines) is 1. The van der Waals surface area contributed by atoms with Crippen molar-refractivity contribution >= 4 is 5.78 Å². The van der Waals surface area contributed by atoms with Crippen molar-refractivity contribution in [3.8, 4) is 0 Å². The number of piperidine rings is 1. The number of rotatable bonds is 5. The molecule has 1 aliphatic heterocycles. The largest absolute Gasteiger partial charge is 0.383 e. The molecule has 6 heteroatoms. The summed E-state index contributed by atoms with van der Waals surface area (Å²) in [5, 5.41) is 22.1. The molecule has 0 bridgehead atoms. The normalized spacial score (nSPS) is 29.2. The van der Waals surface area contributed by atoms with Crippen molar-refractivity contribution in [3.05, 3.63) is 46.0 Å². The first-order valence-electron chi connectivity index (χ1n) is 7.47. The fourth-order valence-corrected chi connectivity index (χ4v) is 3.13. The number of ketones is 1. The highest BCUT2D eigenvalue weighted by Crippen LogP contribution is 2.38. The van der Waals surface area contributed by atoms with Crippen molar-refractivity contribution in [3.63, 3.8) is 0 Å². The Morgan fingerprint density at radius 1 is 1.45 bits per heavy atom. The van der Waals surface area contributed by atoms with Crippen LogP contribution in [0.25, 0.3) is 0 Å². The monoisotopic (exact) mass is 306 g/mol. The van der Waals surface area contributed by atoms with Gasteiger partial charge in [-0.3, -0.25) is 19.8 Å². The topological polar surface area (TPSA) is 83.7 Å². The summed E-state index contributed by atoms with van der Waals surface area (Å²) in [4.78, 5) is 24.4. The SMILES string of the molecule is CC(=O)CCN1CC[C@](C)(O)[C@H]([N+](=O)[O-])[C@H]1c1ccccc1. The summed E-state index contributed by atoms with van der Waals surface area (Å²) in [6.45, 7) is 4.04. The van der Waals surface area contributed by atoms with Gasteiger partial charge in [0, 0.05) is 24.4 Å². The smallest absolute Gasteiger partial charge is 0.260 e. The molecule has 0 amide bonds. The highest BCUT2D eigenvalue weighted by molar-refractivity contribution is 5.75. The summed E-state index contributed by atoms with van der Waals surface area (Å²) < 4.78 is 0. The molecule has 2 rings (SSSR count). The van der Waals surface area contributed by atoms with Gasteiger partial charge in [-0.05, 0) is 25.8 Å². The Morgan fingerprint density at radius 2 is 2.09 bits per heavy atom. The summed E-state index contributed by atoms with van der Waals surface area (Å²) in [5.41, 5.74) is -0.566. The van der Waals surface area contributed by atoms with Crippen LogP contribution in [0.4, 0.5) is 0 Å². The fourth-order valence-electron chi connectivity index (χ4n) is 3.13. The van der Waals surface area contributed by atoms with E-state index in [9.17, 15) is 20.0 Å². The van der Waals surface area contributed by atoms with Crippen LogP contribution in [0.2, 0.25) is 0 Å². The predicted molar refractivity (Wildman–Crippen MR) is 82.1 cm³/mol. The lowest BCUT2D eigenvalue weighted by molar-refractivity contribution is -0.558. The molecular formula is C16H22N2O4. The highest BCUT2D eigenvalue weighted by Gasteiger charge is 2.53. The van der Waals surface area contributed by atoms with Gasteiger partial charge < -0.3 is 5.11 Å². The molecule has 1 aromatic rings. The average molecular weight is 306 g/mol. The minimum Gasteiger partial charge on any atom is -0.383 e. The Kier molecular flexibility index (Phi) is 4.93. The quantitative estimate of drug-likeness (QED) is 0.662. The van der Waals surface area contributed by atoms with E-state index in [1.807, 2.05) is 35.2 Å². The van der Waals surface area contributed by atoms with Crippen molar-refractivity contribution in [2.45, 2.75) is 44.4 Å². The second-order valence-electron chi connectivity index (χ2n) is 6.18. The van der Waals surface area contributed by atoms with Crippen molar-refractivity contribution in [1.29, 1.82) is 0 Å². The van der Waals surface area contributed by atoms with Crippen LogP contribution in [0.1, 0.15) is 38.3 Å². The van der Waals surface area contributed by atoms with Gasteiger partial charge in [-0.15, -0.1) is 0 Å². The standard InChI is InChI=1S/C16H22N2O4/c1-12(19)8-10-17-11-9-16(2,20)15(18(21)22)14(17)13-6-4-3-5-7-13/h3-7,14-15,20H,8-11H2,1-2H3/t14-,15-,16+/m1/s1. The molecule has 1 aromatic carbocycles. The number of nitrogens with zero attached hydrogens (tertiary/aromatic N) is 2. The summed E-state index contributed by atoms with van der Waals surface area (Å²) >= 11 is 0. The molecule has 22 heavy (non-hydrogen) atoms. The first kappa shape index (κ1) is 16.6. The zero-order chi connectivity index (χ0) is 16.3. The van der Waals surface area contributed by atoms with Crippen LogP contribution < -0.4 is 0 Å². The molecule has 0 aromatic heterocycles. The molecule has 0 saturated carbocycles. The van der Waals surface area contributed by atoms with Crippen LogP contribution in [0.5, 0.6) is 0 Å². The molecule has 0 aliphatic carbocycles. The number of nitro groups is 1. The summed E-state index contributed by atoms with van der Waals surface area (Å²) in [7, 11) is 0. The molecule has 1 aliphatic rings. The number of hydrogen-bond acceptors (Lipinski definition) is 5. The first-order chi connectivity index (χ1) is 10.3. The van der Waals surface area contributed by atoms with Crippen molar-refractivity contribution in [2.24, 2.45) is 0 Å². The first-order valence-corrected chi connectivity index (χ1v) is 7.47. The average Bonchev–Trinajstić information content (AvgIpc) is 2.45. The van der Waals surface area contributed by atoms with E-state index in [0.717, 1.165) is 5.56 Å². The van der Waals surface area contributed by atoms with Crippen LogP contribution in [0, 0.1) is 10.1 Å². The van der Waals surface area contributed by atoms with Gasteiger partial charge in [-0.1, -0.05) is 30.3 Å². The van der Waals surface area contributed by atoms with Crippen molar-refractivity contribution in [1.82, 2.24) is 4.90 Å². The van der Waals surface area contributed by atoms with Crippen LogP contribution >= 0.6 is 0 Å². The van der Waals surface area contributed by atoms with E-state index in [1.54, 1.807) is 0 Å². The maximum Gasteiger partial charge on any atom is 0.260 e. The minimum absolute atomic E-state index is 0.0572. The molecule has 1 N–H and O–H groups in total. The molecule has 120 valence electrons. The maximum atomic E-state index is 11.6. The second kappa shape index (κ2) is 6.54. The predicted octanol–water partition coefficient (Wildman–Crippen LogP) is 1.81. The Bertz CT molecular complexity index is 544. The van der Waals surface area contributed by atoms with Crippen molar-refractivity contribution < 1.29 is 14.8 Å². The third-order valence-corrected chi connectivity index (χ3v) is 4.35. The van der Waals surface area contributed by atoms with Gasteiger partial charge in [0.2, 0.25) is 0 Å². The summed E-state index contributed by atoms with van der Waals surface area (Å²) in [6.07, 6.45) is 0.676. The Morgan fingerprint density at radius 3 is 2.64 bits per heavy atom. The van der Waals surface area contributed by atoms with E-state index in [-0.39, 0.29) is 5.78 Å². The number of aliphatic hydroxyl groups is 1. The van der Waals surface area contributed by atoms with Gasteiger partial charge in [0.05, 0.1) is 0 Å². The van der Waals surface area contributed by atoms with Gasteiger partial charge in [-0.25, -0.2) is 0 Å². The van der Waals surface area contributed by atoms with E-state index in [2.05, 4.69) is 0 Å². The van der Waals surface area contributed by atoms with Crippen LogP contribution in [0.3, 0.4) is 0 Å². The van der Waals surface area contributed by atoms with E-state index in [0.29, 0.717) is 25.9 Å². The van der Waals surface area contributed by atoms with E-state index < -0.39 is 22.6 Å². The lowest BCUT2D eigenvalue weighted by atomic mass is 9.80. The Hall–Kier alpha value is -1.79. The molecule has 0 spiro atoms. The molecule has 1 saturated heterocycles. The third-order valence-electron chi connectivity index (χ3n) is 4.35. The van der Waals surface area contributed by atoms with E-state index in [1.165, 1.54) is 13.8 Å². The zero-order valence-electron chi connectivity index (χ0n) is 12.9. The molecule has 1 heterocycles. The number of carbonyl (C=O) groups excluding carboxylic acids is 1. The van der Waals surface area contributed by atoms with Crippen LogP contribution in [-0.2, 0) is 4.79 Å². The van der Waals surface area contributed by atoms with Gasteiger partial charge >= 0.3 is 0 Å². The number of Topliss-reactive ketones (excluding diaryl/α,β-unsaturated/α-hetero) is 1. The second-order valence-corrected chi connectivity index (χ2v) is 6.18.